The van der Waals surface area contributed by atoms with Crippen LogP contribution in [0.15, 0.2) is 22.8 Å². The Bertz CT molecular complexity index is 272. The third-order valence-corrected chi connectivity index (χ3v) is 2.06. The van der Waals surface area contributed by atoms with Gasteiger partial charge in [-0.3, -0.25) is 0 Å². The van der Waals surface area contributed by atoms with Gasteiger partial charge in [-0.05, 0) is 38.2 Å². The normalized spacial score (nSPS) is 12.1. The van der Waals surface area contributed by atoms with E-state index in [1.54, 1.807) is 6.26 Å². The van der Waals surface area contributed by atoms with Crippen molar-refractivity contribution in [2.45, 2.75) is 26.3 Å². The maximum atomic E-state index is 5.24. The van der Waals surface area contributed by atoms with Crippen LogP contribution in [-0.2, 0) is 6.42 Å². The van der Waals surface area contributed by atoms with Gasteiger partial charge in [0.25, 0.3) is 0 Å². The molecule has 0 aliphatic rings. The van der Waals surface area contributed by atoms with Gasteiger partial charge in [0.05, 0.1) is 6.26 Å². The fourth-order valence-corrected chi connectivity index (χ4v) is 1.56. The summed E-state index contributed by atoms with van der Waals surface area (Å²) in [5.74, 6) is 0.976. The molecule has 3 nitrogen and oxygen atoms in total. The molecule has 1 rings (SSSR count). The van der Waals surface area contributed by atoms with Gasteiger partial charge in [-0.15, -0.1) is 0 Å². The van der Waals surface area contributed by atoms with Gasteiger partial charge in [0.15, 0.2) is 5.11 Å². The van der Waals surface area contributed by atoms with Gasteiger partial charge in [0.2, 0.25) is 0 Å². The summed E-state index contributed by atoms with van der Waals surface area (Å²) in [7, 11) is 0. The molecule has 14 heavy (non-hydrogen) atoms. The minimum Gasteiger partial charge on any atom is -0.469 e. The molecular weight excluding hydrogens is 196 g/mol. The summed E-state index contributed by atoms with van der Waals surface area (Å²) in [4.78, 5) is 0. The largest absolute Gasteiger partial charge is 0.469 e. The summed E-state index contributed by atoms with van der Waals surface area (Å²) >= 11 is 5.07. The van der Waals surface area contributed by atoms with E-state index in [1.807, 2.05) is 19.1 Å². The van der Waals surface area contributed by atoms with Gasteiger partial charge in [-0.25, -0.2) is 0 Å². The second kappa shape index (κ2) is 5.65. The molecule has 1 aromatic heterocycles. The van der Waals surface area contributed by atoms with Crippen LogP contribution >= 0.6 is 12.2 Å². The summed E-state index contributed by atoms with van der Waals surface area (Å²) in [5, 5.41) is 6.93. The average molecular weight is 212 g/mol. The van der Waals surface area contributed by atoms with Gasteiger partial charge in [0, 0.05) is 19.0 Å². The van der Waals surface area contributed by atoms with E-state index in [2.05, 4.69) is 17.6 Å². The van der Waals surface area contributed by atoms with Crippen molar-refractivity contribution in [2.75, 3.05) is 6.54 Å². The Kier molecular flexibility index (Phi) is 4.46. The molecule has 0 saturated carbocycles. The smallest absolute Gasteiger partial charge is 0.166 e. The molecule has 0 fully saturated rings. The van der Waals surface area contributed by atoms with Crippen LogP contribution in [0, 0.1) is 0 Å². The van der Waals surface area contributed by atoms with E-state index in [0.29, 0.717) is 5.11 Å². The molecule has 1 heterocycles. The molecule has 1 unspecified atom stereocenters. The van der Waals surface area contributed by atoms with E-state index in [-0.39, 0.29) is 6.04 Å². The summed E-state index contributed by atoms with van der Waals surface area (Å²) in [5.41, 5.74) is 0. The number of rotatable bonds is 4. The second-order valence-corrected chi connectivity index (χ2v) is 3.60. The molecule has 78 valence electrons. The number of nitrogens with one attached hydrogen (secondary N) is 2. The number of hydrogen-bond acceptors (Lipinski definition) is 2. The Morgan fingerprint density at radius 1 is 1.64 bits per heavy atom. The van der Waals surface area contributed by atoms with E-state index in [9.17, 15) is 0 Å². The summed E-state index contributed by atoms with van der Waals surface area (Å²) in [6.45, 7) is 4.94. The van der Waals surface area contributed by atoms with Crippen LogP contribution in [0.1, 0.15) is 19.6 Å². The lowest BCUT2D eigenvalue weighted by molar-refractivity contribution is 0.481. The molecule has 0 aliphatic carbocycles. The van der Waals surface area contributed by atoms with Crippen molar-refractivity contribution in [3.63, 3.8) is 0 Å². The van der Waals surface area contributed by atoms with Crippen LogP contribution in [0.4, 0.5) is 0 Å². The van der Waals surface area contributed by atoms with Crippen molar-refractivity contribution in [3.05, 3.63) is 24.2 Å². The first-order chi connectivity index (χ1) is 6.72. The minimum atomic E-state index is 0.285. The molecule has 1 aromatic rings. The number of hydrogen-bond donors (Lipinski definition) is 2. The molecule has 0 saturated heterocycles. The Morgan fingerprint density at radius 3 is 3.00 bits per heavy atom. The lowest BCUT2D eigenvalue weighted by atomic mass is 10.2. The fourth-order valence-electron chi connectivity index (χ4n) is 1.22. The van der Waals surface area contributed by atoms with Crippen LogP contribution in [0.25, 0.3) is 0 Å². The van der Waals surface area contributed by atoms with E-state index >= 15 is 0 Å². The van der Waals surface area contributed by atoms with E-state index in [0.717, 1.165) is 18.7 Å². The third kappa shape index (κ3) is 3.79. The van der Waals surface area contributed by atoms with E-state index in [1.165, 1.54) is 0 Å². The Balaban J connectivity index is 2.29. The molecular formula is C10H16N2OS. The molecule has 4 heteroatoms. The minimum absolute atomic E-state index is 0.285. The highest BCUT2D eigenvalue weighted by Crippen LogP contribution is 2.03. The fraction of sp³-hybridized carbons (Fsp3) is 0.500. The maximum absolute atomic E-state index is 5.24. The van der Waals surface area contributed by atoms with Gasteiger partial charge >= 0.3 is 0 Å². The first-order valence-corrected chi connectivity index (χ1v) is 5.20. The highest BCUT2D eigenvalue weighted by atomic mass is 32.1. The summed E-state index contributed by atoms with van der Waals surface area (Å²) in [6, 6.07) is 4.15. The van der Waals surface area contributed by atoms with Crippen molar-refractivity contribution in [1.29, 1.82) is 0 Å². The van der Waals surface area contributed by atoms with Gasteiger partial charge < -0.3 is 15.1 Å². The third-order valence-electron chi connectivity index (χ3n) is 1.80. The van der Waals surface area contributed by atoms with Crippen molar-refractivity contribution >= 4 is 17.3 Å². The topological polar surface area (TPSA) is 37.2 Å². The Morgan fingerprint density at radius 2 is 2.43 bits per heavy atom. The van der Waals surface area contributed by atoms with E-state index < -0.39 is 0 Å². The van der Waals surface area contributed by atoms with Gasteiger partial charge in [-0.2, -0.15) is 0 Å². The molecule has 1 atom stereocenters. The quantitative estimate of drug-likeness (QED) is 0.745. The highest BCUT2D eigenvalue weighted by Gasteiger charge is 2.05. The number of furan rings is 1. The maximum Gasteiger partial charge on any atom is 0.166 e. The highest BCUT2D eigenvalue weighted by molar-refractivity contribution is 7.80. The molecule has 0 radical (unpaired) electrons. The summed E-state index contributed by atoms with van der Waals surface area (Å²) in [6.07, 6.45) is 2.53. The van der Waals surface area contributed by atoms with Crippen molar-refractivity contribution in [3.8, 4) is 0 Å². The van der Waals surface area contributed by atoms with Crippen molar-refractivity contribution < 1.29 is 4.42 Å². The number of thiocarbonyl (C=S) groups is 1. The van der Waals surface area contributed by atoms with Crippen LogP contribution < -0.4 is 10.6 Å². The summed E-state index contributed by atoms with van der Waals surface area (Å²) < 4.78 is 5.24. The molecule has 0 bridgehead atoms. The predicted octanol–water partition coefficient (Wildman–Crippen LogP) is 1.69. The average Bonchev–Trinajstić information content (AvgIpc) is 2.56. The molecule has 0 amide bonds. The first kappa shape index (κ1) is 11.0. The lowest BCUT2D eigenvalue weighted by Crippen LogP contribution is -2.41. The van der Waals surface area contributed by atoms with Crippen LogP contribution in [-0.4, -0.2) is 17.7 Å². The monoisotopic (exact) mass is 212 g/mol. The molecule has 0 aliphatic heterocycles. The standard InChI is InChI=1S/C10H16N2OS/c1-3-11-10(14)12-8(2)7-9-5-4-6-13-9/h4-6,8H,3,7H2,1-2H3,(H2,11,12,14). The second-order valence-electron chi connectivity index (χ2n) is 3.19. The van der Waals surface area contributed by atoms with Crippen molar-refractivity contribution in [1.82, 2.24) is 10.6 Å². The van der Waals surface area contributed by atoms with Crippen LogP contribution in [0.2, 0.25) is 0 Å². The SMILES string of the molecule is CCNC(=S)NC(C)Cc1ccco1. The molecule has 2 N–H and O–H groups in total. The lowest BCUT2D eigenvalue weighted by Gasteiger charge is -2.14. The zero-order valence-electron chi connectivity index (χ0n) is 8.54. The van der Waals surface area contributed by atoms with Crippen LogP contribution in [0.3, 0.4) is 0 Å². The van der Waals surface area contributed by atoms with Gasteiger partial charge in [-0.1, -0.05) is 0 Å². The Hall–Kier alpha value is -1.03. The first-order valence-electron chi connectivity index (χ1n) is 4.79. The molecule has 0 aromatic carbocycles. The van der Waals surface area contributed by atoms with Gasteiger partial charge in [0.1, 0.15) is 5.76 Å². The van der Waals surface area contributed by atoms with Crippen molar-refractivity contribution in [2.24, 2.45) is 0 Å². The van der Waals surface area contributed by atoms with Crippen LogP contribution in [0.5, 0.6) is 0 Å². The zero-order valence-corrected chi connectivity index (χ0v) is 9.36. The Labute approximate surface area is 89.9 Å². The van der Waals surface area contributed by atoms with E-state index in [4.69, 9.17) is 16.6 Å². The predicted molar refractivity (Wildman–Crippen MR) is 61.3 cm³/mol. The zero-order chi connectivity index (χ0) is 10.4. The molecule has 0 spiro atoms.